The number of carbonyl (C=O) groups excluding carboxylic acids is 1. The smallest absolute Gasteiger partial charge is 0.254 e. The van der Waals surface area contributed by atoms with Crippen molar-refractivity contribution in [2.45, 2.75) is 25.8 Å². The van der Waals surface area contributed by atoms with Gasteiger partial charge in [-0.2, -0.15) is 0 Å². The zero-order valence-corrected chi connectivity index (χ0v) is 15.3. The number of hydrogen-bond acceptors (Lipinski definition) is 4. The zero-order valence-electron chi connectivity index (χ0n) is 13.7. The Morgan fingerprint density at radius 2 is 1.87 bits per heavy atom. The third-order valence-electron chi connectivity index (χ3n) is 4.25. The predicted molar refractivity (Wildman–Crippen MR) is 94.4 cm³/mol. The summed E-state index contributed by atoms with van der Waals surface area (Å²) in [5, 5.41) is 0. The van der Waals surface area contributed by atoms with E-state index < -0.39 is 10.0 Å². The van der Waals surface area contributed by atoms with Crippen molar-refractivity contribution in [3.05, 3.63) is 29.3 Å². The molecule has 0 aliphatic carbocycles. The van der Waals surface area contributed by atoms with Crippen LogP contribution in [-0.4, -0.2) is 56.0 Å². The molecule has 8 heteroatoms. The Morgan fingerprint density at radius 1 is 1.30 bits per heavy atom. The summed E-state index contributed by atoms with van der Waals surface area (Å²) in [6, 6.07) is 5.35. The molecule has 0 unspecified atom stereocenters. The highest BCUT2D eigenvalue weighted by atomic mass is 35.5. The van der Waals surface area contributed by atoms with Crippen LogP contribution in [0.5, 0.6) is 0 Å². The van der Waals surface area contributed by atoms with Crippen LogP contribution in [0.3, 0.4) is 0 Å². The number of rotatable bonds is 3. The van der Waals surface area contributed by atoms with Crippen molar-refractivity contribution in [2.75, 3.05) is 32.1 Å². The molecule has 0 bridgehead atoms. The first-order valence-corrected chi connectivity index (χ1v) is 9.13. The maximum absolute atomic E-state index is 12.6. The lowest BCUT2D eigenvalue weighted by atomic mass is 10.0. The topological polar surface area (TPSA) is 83.7 Å². The van der Waals surface area contributed by atoms with E-state index in [1.165, 1.54) is 10.6 Å². The molecule has 1 heterocycles. The van der Waals surface area contributed by atoms with Crippen molar-refractivity contribution in [1.82, 2.24) is 9.21 Å². The number of carbonyl (C=O) groups is 1. The Morgan fingerprint density at radius 3 is 2.39 bits per heavy atom. The summed E-state index contributed by atoms with van der Waals surface area (Å²) in [5.74, 6) is -0.0670. The average molecular weight is 362 g/mol. The number of benzene rings is 1. The van der Waals surface area contributed by atoms with E-state index in [1.54, 1.807) is 24.1 Å². The molecule has 0 spiro atoms. The van der Waals surface area contributed by atoms with Crippen molar-refractivity contribution in [3.8, 4) is 0 Å². The number of nitrogen functional groups attached to an aromatic ring is 1. The summed E-state index contributed by atoms with van der Waals surface area (Å²) in [6.07, 6.45) is 2.52. The quantitative estimate of drug-likeness (QED) is 0.827. The van der Waals surface area contributed by atoms with E-state index in [1.807, 2.05) is 13.0 Å². The van der Waals surface area contributed by atoms with Gasteiger partial charge in [-0.15, -0.1) is 12.4 Å². The molecule has 6 nitrogen and oxygen atoms in total. The molecule has 0 saturated carbocycles. The number of halogens is 1. The van der Waals surface area contributed by atoms with E-state index >= 15 is 0 Å². The van der Waals surface area contributed by atoms with Crippen LogP contribution < -0.4 is 5.73 Å². The molecule has 1 fully saturated rings. The minimum Gasteiger partial charge on any atom is -0.399 e. The third kappa shape index (κ3) is 4.59. The highest BCUT2D eigenvalue weighted by Crippen LogP contribution is 2.21. The summed E-state index contributed by atoms with van der Waals surface area (Å²) < 4.78 is 24.5. The van der Waals surface area contributed by atoms with Crippen molar-refractivity contribution in [1.29, 1.82) is 0 Å². The molecular weight excluding hydrogens is 338 g/mol. The molecule has 1 amide bonds. The summed E-state index contributed by atoms with van der Waals surface area (Å²) >= 11 is 0. The van der Waals surface area contributed by atoms with Gasteiger partial charge < -0.3 is 10.6 Å². The van der Waals surface area contributed by atoms with Crippen LogP contribution in [0.1, 0.15) is 28.8 Å². The highest BCUT2D eigenvalue weighted by Gasteiger charge is 2.29. The van der Waals surface area contributed by atoms with Crippen LogP contribution in [0.25, 0.3) is 0 Å². The van der Waals surface area contributed by atoms with Crippen LogP contribution in [0, 0.1) is 6.92 Å². The lowest BCUT2D eigenvalue weighted by Crippen LogP contribution is -2.47. The molecule has 1 saturated heterocycles. The number of anilines is 1. The van der Waals surface area contributed by atoms with Gasteiger partial charge in [0.25, 0.3) is 5.91 Å². The van der Waals surface area contributed by atoms with Crippen molar-refractivity contribution in [2.24, 2.45) is 0 Å². The molecule has 1 aliphatic rings. The van der Waals surface area contributed by atoms with Crippen LogP contribution in [0.15, 0.2) is 18.2 Å². The van der Waals surface area contributed by atoms with Gasteiger partial charge in [-0.05, 0) is 37.5 Å². The lowest BCUT2D eigenvalue weighted by Gasteiger charge is -2.35. The minimum atomic E-state index is -3.15. The largest absolute Gasteiger partial charge is 0.399 e. The number of aryl methyl sites for hydroxylation is 1. The molecule has 23 heavy (non-hydrogen) atoms. The van der Waals surface area contributed by atoms with Gasteiger partial charge in [0.1, 0.15) is 0 Å². The molecule has 1 aliphatic heterocycles. The molecule has 2 rings (SSSR count). The van der Waals surface area contributed by atoms with Gasteiger partial charge in [-0.1, -0.05) is 6.07 Å². The Labute approximate surface area is 144 Å². The molecular formula is C15H24ClN3O3S. The number of amides is 1. The Kier molecular flexibility index (Phi) is 6.44. The van der Waals surface area contributed by atoms with Gasteiger partial charge in [0.15, 0.2) is 0 Å². The second-order valence-corrected chi connectivity index (χ2v) is 7.87. The molecule has 130 valence electrons. The minimum absolute atomic E-state index is 0. The number of hydrogen-bond donors (Lipinski definition) is 1. The van der Waals surface area contributed by atoms with E-state index in [2.05, 4.69) is 0 Å². The summed E-state index contributed by atoms with van der Waals surface area (Å²) in [7, 11) is -1.38. The molecule has 1 aromatic rings. The van der Waals surface area contributed by atoms with Crippen molar-refractivity contribution >= 4 is 34.0 Å². The van der Waals surface area contributed by atoms with Crippen LogP contribution >= 0.6 is 12.4 Å². The standard InChI is InChI=1S/C15H23N3O3S.ClH/c1-11-4-5-12(16)10-14(11)15(19)17(2)13-6-8-18(9-7-13)22(3,20)21;/h4-5,10,13H,6-9,16H2,1-3H3;1H. The van der Waals surface area contributed by atoms with E-state index in [0.29, 0.717) is 37.2 Å². The third-order valence-corrected chi connectivity index (χ3v) is 5.56. The fourth-order valence-electron chi connectivity index (χ4n) is 2.79. The predicted octanol–water partition coefficient (Wildman–Crippen LogP) is 1.50. The van der Waals surface area contributed by atoms with Gasteiger partial charge in [0, 0.05) is 37.4 Å². The van der Waals surface area contributed by atoms with Crippen LogP contribution in [-0.2, 0) is 10.0 Å². The molecule has 0 aromatic heterocycles. The normalized spacial score (nSPS) is 16.7. The summed E-state index contributed by atoms with van der Waals surface area (Å²) in [4.78, 5) is 14.3. The summed E-state index contributed by atoms with van der Waals surface area (Å²) in [5.41, 5.74) is 7.82. The molecule has 0 radical (unpaired) electrons. The number of nitrogens with two attached hydrogens (primary N) is 1. The molecule has 2 N–H and O–H groups in total. The Hall–Kier alpha value is -1.31. The van der Waals surface area contributed by atoms with Gasteiger partial charge in [-0.25, -0.2) is 12.7 Å². The maximum atomic E-state index is 12.6. The highest BCUT2D eigenvalue weighted by molar-refractivity contribution is 7.88. The second kappa shape index (κ2) is 7.51. The first kappa shape index (κ1) is 19.7. The average Bonchev–Trinajstić information content (AvgIpc) is 2.47. The monoisotopic (exact) mass is 361 g/mol. The van der Waals surface area contributed by atoms with Gasteiger partial charge in [0.2, 0.25) is 10.0 Å². The van der Waals surface area contributed by atoms with Gasteiger partial charge >= 0.3 is 0 Å². The Balaban J connectivity index is 0.00000264. The van der Waals surface area contributed by atoms with E-state index in [0.717, 1.165) is 5.56 Å². The van der Waals surface area contributed by atoms with E-state index in [4.69, 9.17) is 5.73 Å². The number of piperidine rings is 1. The number of nitrogens with zero attached hydrogens (tertiary/aromatic N) is 2. The van der Waals surface area contributed by atoms with Gasteiger partial charge in [-0.3, -0.25) is 4.79 Å². The van der Waals surface area contributed by atoms with Crippen LogP contribution in [0.2, 0.25) is 0 Å². The van der Waals surface area contributed by atoms with Gasteiger partial charge in [0.05, 0.1) is 6.26 Å². The van der Waals surface area contributed by atoms with E-state index in [-0.39, 0.29) is 24.4 Å². The molecule has 0 atom stereocenters. The fourth-order valence-corrected chi connectivity index (χ4v) is 3.66. The van der Waals surface area contributed by atoms with E-state index in [9.17, 15) is 13.2 Å². The second-order valence-electron chi connectivity index (χ2n) is 5.88. The SMILES string of the molecule is Cc1ccc(N)cc1C(=O)N(C)C1CCN(S(C)(=O)=O)CC1.Cl. The Bertz CT molecular complexity index is 671. The molecule has 1 aromatic carbocycles. The number of sulfonamides is 1. The van der Waals surface area contributed by atoms with Crippen LogP contribution in [0.4, 0.5) is 5.69 Å². The lowest BCUT2D eigenvalue weighted by molar-refractivity contribution is 0.0681. The van der Waals surface area contributed by atoms with Crippen molar-refractivity contribution in [3.63, 3.8) is 0 Å². The zero-order chi connectivity index (χ0) is 16.5. The maximum Gasteiger partial charge on any atom is 0.254 e. The summed E-state index contributed by atoms with van der Waals surface area (Å²) in [6.45, 7) is 2.79. The van der Waals surface area contributed by atoms with Crippen molar-refractivity contribution < 1.29 is 13.2 Å². The first-order chi connectivity index (χ1) is 10.2. The fraction of sp³-hybridized carbons (Fsp3) is 0.533. The first-order valence-electron chi connectivity index (χ1n) is 7.28.